The quantitative estimate of drug-likeness (QED) is 0.426. The number of benzene rings is 2. The molecule has 4 nitrogen and oxygen atoms in total. The summed E-state index contributed by atoms with van der Waals surface area (Å²) in [6.45, 7) is 9.88. The van der Waals surface area contributed by atoms with Gasteiger partial charge in [-0.05, 0) is 57.5 Å². The highest BCUT2D eigenvalue weighted by atomic mass is 19.1. The SMILES string of the molecule is C=C(C)C(=O)Oc1ccc(-c2ccc(OC(=O)C(C)(C)C)c(F)c2)c(F)c1. The number of hydrogen-bond acceptors (Lipinski definition) is 4. The second-order valence-electron chi connectivity index (χ2n) is 7.10. The lowest BCUT2D eigenvalue weighted by Crippen LogP contribution is -2.25. The Kier molecular flexibility index (Phi) is 5.78. The van der Waals surface area contributed by atoms with Gasteiger partial charge in [0.15, 0.2) is 11.6 Å². The third kappa shape index (κ3) is 5.00. The molecule has 0 saturated carbocycles. The molecule has 0 spiro atoms. The number of carbonyl (C=O) groups is 2. The number of carbonyl (C=O) groups excluding carboxylic acids is 2. The van der Waals surface area contributed by atoms with Crippen molar-refractivity contribution in [3.05, 3.63) is 60.2 Å². The van der Waals surface area contributed by atoms with Gasteiger partial charge in [-0.3, -0.25) is 4.79 Å². The van der Waals surface area contributed by atoms with Crippen LogP contribution in [0.4, 0.5) is 8.78 Å². The first-order valence-corrected chi connectivity index (χ1v) is 8.18. The standard InChI is InChI=1S/C21H20F2O4/c1-12(2)19(24)26-14-7-8-15(16(22)11-14)13-6-9-18(17(23)10-13)27-20(25)21(3,4)5/h6-11H,1H2,2-5H3. The van der Waals surface area contributed by atoms with Gasteiger partial charge >= 0.3 is 11.9 Å². The van der Waals surface area contributed by atoms with Crippen molar-refractivity contribution in [3.8, 4) is 22.6 Å². The van der Waals surface area contributed by atoms with Crippen LogP contribution in [0.3, 0.4) is 0 Å². The van der Waals surface area contributed by atoms with Crippen LogP contribution in [0.1, 0.15) is 27.7 Å². The van der Waals surface area contributed by atoms with Crippen LogP contribution < -0.4 is 9.47 Å². The first kappa shape index (κ1) is 20.3. The van der Waals surface area contributed by atoms with Crippen LogP contribution >= 0.6 is 0 Å². The average Bonchev–Trinajstić information content (AvgIpc) is 2.55. The van der Waals surface area contributed by atoms with Crippen molar-refractivity contribution in [2.75, 3.05) is 0 Å². The Hall–Kier alpha value is -3.02. The zero-order valence-corrected chi connectivity index (χ0v) is 15.6. The summed E-state index contributed by atoms with van der Waals surface area (Å²) in [5, 5.41) is 0. The highest BCUT2D eigenvalue weighted by Gasteiger charge is 2.25. The monoisotopic (exact) mass is 374 g/mol. The van der Waals surface area contributed by atoms with Gasteiger partial charge in [0, 0.05) is 17.2 Å². The largest absolute Gasteiger partial charge is 0.423 e. The molecule has 6 heteroatoms. The third-order valence-corrected chi connectivity index (χ3v) is 3.56. The summed E-state index contributed by atoms with van der Waals surface area (Å²) in [5.74, 6) is -2.95. The number of ether oxygens (including phenoxy) is 2. The zero-order valence-electron chi connectivity index (χ0n) is 15.6. The number of rotatable bonds is 4. The zero-order chi connectivity index (χ0) is 20.4. The fourth-order valence-electron chi connectivity index (χ4n) is 1.99. The van der Waals surface area contributed by atoms with E-state index in [1.54, 1.807) is 20.8 Å². The minimum absolute atomic E-state index is 0.0143. The molecule has 0 aliphatic rings. The first-order valence-electron chi connectivity index (χ1n) is 8.18. The van der Waals surface area contributed by atoms with Gasteiger partial charge in [0.05, 0.1) is 5.41 Å². The number of hydrogen-bond donors (Lipinski definition) is 0. The molecule has 0 heterocycles. The van der Waals surface area contributed by atoms with E-state index in [0.29, 0.717) is 0 Å². The Morgan fingerprint density at radius 2 is 1.63 bits per heavy atom. The molecule has 0 aromatic heterocycles. The fraction of sp³-hybridized carbons (Fsp3) is 0.238. The van der Waals surface area contributed by atoms with Crippen LogP contribution in [0, 0.1) is 17.0 Å². The molecule has 0 bridgehead atoms. The molecule has 2 aromatic carbocycles. The summed E-state index contributed by atoms with van der Waals surface area (Å²) in [4.78, 5) is 23.4. The number of halogens is 2. The van der Waals surface area contributed by atoms with Gasteiger partial charge in [0.25, 0.3) is 0 Å². The molecule has 2 aromatic rings. The van der Waals surface area contributed by atoms with Gasteiger partial charge in [-0.25, -0.2) is 13.6 Å². The summed E-state index contributed by atoms with van der Waals surface area (Å²) < 4.78 is 38.6. The smallest absolute Gasteiger partial charge is 0.338 e. The maximum atomic E-state index is 14.4. The second kappa shape index (κ2) is 7.70. The van der Waals surface area contributed by atoms with E-state index in [9.17, 15) is 18.4 Å². The minimum atomic E-state index is -0.790. The van der Waals surface area contributed by atoms with Gasteiger partial charge < -0.3 is 9.47 Å². The summed E-state index contributed by atoms with van der Waals surface area (Å²) >= 11 is 0. The predicted octanol–water partition coefficient (Wildman–Crippen LogP) is 5.06. The summed E-state index contributed by atoms with van der Waals surface area (Å²) in [7, 11) is 0. The van der Waals surface area contributed by atoms with E-state index in [0.717, 1.165) is 12.1 Å². The van der Waals surface area contributed by atoms with E-state index in [1.165, 1.54) is 31.2 Å². The number of esters is 2. The van der Waals surface area contributed by atoms with Gasteiger partial charge in [0.2, 0.25) is 0 Å². The van der Waals surface area contributed by atoms with Crippen LogP contribution in [-0.4, -0.2) is 11.9 Å². The molecular formula is C21H20F2O4. The van der Waals surface area contributed by atoms with Crippen molar-refractivity contribution in [1.82, 2.24) is 0 Å². The van der Waals surface area contributed by atoms with Crippen LogP contribution in [0.15, 0.2) is 48.6 Å². The van der Waals surface area contributed by atoms with Gasteiger partial charge in [-0.15, -0.1) is 0 Å². The highest BCUT2D eigenvalue weighted by molar-refractivity contribution is 5.88. The van der Waals surface area contributed by atoms with Gasteiger partial charge in [-0.2, -0.15) is 0 Å². The van der Waals surface area contributed by atoms with E-state index >= 15 is 0 Å². The molecule has 142 valence electrons. The Morgan fingerprint density at radius 1 is 0.963 bits per heavy atom. The summed E-state index contributed by atoms with van der Waals surface area (Å²) in [6.07, 6.45) is 0. The molecule has 0 amide bonds. The normalized spacial score (nSPS) is 11.0. The summed E-state index contributed by atoms with van der Waals surface area (Å²) in [6, 6.07) is 7.57. The van der Waals surface area contributed by atoms with E-state index in [1.807, 2.05) is 0 Å². The van der Waals surface area contributed by atoms with Crippen molar-refractivity contribution < 1.29 is 27.8 Å². The Bertz CT molecular complexity index is 911. The van der Waals surface area contributed by atoms with Gasteiger partial charge in [-0.1, -0.05) is 12.6 Å². The lowest BCUT2D eigenvalue weighted by atomic mass is 9.97. The van der Waals surface area contributed by atoms with Crippen molar-refractivity contribution >= 4 is 11.9 Å². The molecule has 0 saturated heterocycles. The van der Waals surface area contributed by atoms with Gasteiger partial charge in [0.1, 0.15) is 11.6 Å². The molecule has 2 rings (SSSR count). The van der Waals surface area contributed by atoms with Crippen LogP contribution in [0.25, 0.3) is 11.1 Å². The van der Waals surface area contributed by atoms with E-state index < -0.39 is 29.0 Å². The molecular weight excluding hydrogens is 354 g/mol. The molecule has 0 unspecified atom stereocenters. The molecule has 0 radical (unpaired) electrons. The lowest BCUT2D eigenvalue weighted by Gasteiger charge is -2.17. The van der Waals surface area contributed by atoms with Crippen molar-refractivity contribution in [1.29, 1.82) is 0 Å². The van der Waals surface area contributed by atoms with Crippen LogP contribution in [-0.2, 0) is 9.59 Å². The highest BCUT2D eigenvalue weighted by Crippen LogP contribution is 2.30. The van der Waals surface area contributed by atoms with Crippen molar-refractivity contribution in [3.63, 3.8) is 0 Å². The maximum absolute atomic E-state index is 14.4. The topological polar surface area (TPSA) is 52.6 Å². The fourth-order valence-corrected chi connectivity index (χ4v) is 1.99. The first-order chi connectivity index (χ1) is 12.5. The Balaban J connectivity index is 2.26. The van der Waals surface area contributed by atoms with Crippen molar-refractivity contribution in [2.45, 2.75) is 27.7 Å². The van der Waals surface area contributed by atoms with E-state index in [2.05, 4.69) is 6.58 Å². The Labute approximate surface area is 156 Å². The molecule has 0 aliphatic carbocycles. The molecule has 0 atom stereocenters. The van der Waals surface area contributed by atoms with E-state index in [4.69, 9.17) is 9.47 Å². The van der Waals surface area contributed by atoms with Crippen molar-refractivity contribution in [2.24, 2.45) is 5.41 Å². The molecule has 0 aliphatic heterocycles. The Morgan fingerprint density at radius 3 is 2.15 bits per heavy atom. The third-order valence-electron chi connectivity index (χ3n) is 3.56. The second-order valence-corrected chi connectivity index (χ2v) is 7.10. The molecule has 0 N–H and O–H groups in total. The summed E-state index contributed by atoms with van der Waals surface area (Å²) in [5.41, 5.74) is -0.244. The van der Waals surface area contributed by atoms with Crippen LogP contribution in [0.2, 0.25) is 0 Å². The predicted molar refractivity (Wildman–Crippen MR) is 97.3 cm³/mol. The molecule has 0 fully saturated rings. The minimum Gasteiger partial charge on any atom is -0.423 e. The van der Waals surface area contributed by atoms with Crippen LogP contribution in [0.5, 0.6) is 11.5 Å². The molecule has 27 heavy (non-hydrogen) atoms. The lowest BCUT2D eigenvalue weighted by molar-refractivity contribution is -0.143. The average molecular weight is 374 g/mol. The maximum Gasteiger partial charge on any atom is 0.338 e. The van der Waals surface area contributed by atoms with E-state index in [-0.39, 0.29) is 28.2 Å².